The van der Waals surface area contributed by atoms with Gasteiger partial charge < -0.3 is 9.15 Å². The number of nitrogens with zero attached hydrogens (tertiary/aromatic N) is 2. The van der Waals surface area contributed by atoms with Crippen LogP contribution in [0.1, 0.15) is 23.9 Å². The van der Waals surface area contributed by atoms with Crippen molar-refractivity contribution >= 4 is 11.1 Å². The van der Waals surface area contributed by atoms with Crippen LogP contribution in [0, 0.1) is 11.3 Å². The quantitative estimate of drug-likeness (QED) is 0.727. The molecule has 21 heavy (non-hydrogen) atoms. The molecule has 0 amide bonds. The number of ether oxygens (including phenoxy) is 1. The van der Waals surface area contributed by atoms with Crippen LogP contribution in [0.15, 0.2) is 46.9 Å². The van der Waals surface area contributed by atoms with Gasteiger partial charge in [-0.25, -0.2) is 4.98 Å². The van der Waals surface area contributed by atoms with Crippen LogP contribution >= 0.6 is 0 Å². The van der Waals surface area contributed by atoms with Crippen molar-refractivity contribution in [2.75, 3.05) is 0 Å². The fourth-order valence-corrected chi connectivity index (χ4v) is 2.04. The molecule has 0 unspecified atom stereocenters. The molecule has 3 rings (SSSR count). The third-order valence-electron chi connectivity index (χ3n) is 3.20. The van der Waals surface area contributed by atoms with Crippen molar-refractivity contribution in [3.05, 3.63) is 59.5 Å². The van der Waals surface area contributed by atoms with Crippen LogP contribution in [0.25, 0.3) is 11.1 Å². The minimum atomic E-state index is 0.450. The van der Waals surface area contributed by atoms with E-state index in [0.29, 0.717) is 12.2 Å². The Hall–Kier alpha value is -2.80. The van der Waals surface area contributed by atoms with E-state index >= 15 is 0 Å². The number of aromatic nitrogens is 1. The summed E-state index contributed by atoms with van der Waals surface area (Å²) in [5.74, 6) is 1.47. The number of aryl methyl sites for hydroxylation is 1. The van der Waals surface area contributed by atoms with Crippen LogP contribution in [0.2, 0.25) is 0 Å². The predicted octanol–water partition coefficient (Wildman–Crippen LogP) is 3.84. The molecule has 0 saturated carbocycles. The van der Waals surface area contributed by atoms with Crippen LogP contribution in [0.4, 0.5) is 0 Å². The van der Waals surface area contributed by atoms with E-state index in [1.54, 1.807) is 12.1 Å². The molecule has 0 spiro atoms. The van der Waals surface area contributed by atoms with Gasteiger partial charge in [0.1, 0.15) is 17.9 Å². The van der Waals surface area contributed by atoms with Crippen molar-refractivity contribution in [1.82, 2.24) is 4.98 Å². The minimum absolute atomic E-state index is 0.450. The van der Waals surface area contributed by atoms with E-state index in [2.05, 4.69) is 11.1 Å². The van der Waals surface area contributed by atoms with Crippen molar-refractivity contribution in [3.63, 3.8) is 0 Å². The number of hydrogen-bond donors (Lipinski definition) is 0. The molecule has 0 saturated heterocycles. The zero-order valence-corrected chi connectivity index (χ0v) is 11.7. The van der Waals surface area contributed by atoms with Crippen LogP contribution < -0.4 is 4.74 Å². The lowest BCUT2D eigenvalue weighted by molar-refractivity contribution is 0.306. The SMILES string of the molecule is CCc1nc2ccc(OCc3ccc(C#N)cc3)cc2o1. The van der Waals surface area contributed by atoms with Gasteiger partial charge in [0.05, 0.1) is 11.6 Å². The molecule has 1 heterocycles. The van der Waals surface area contributed by atoms with Crippen LogP contribution in [0.5, 0.6) is 5.75 Å². The molecule has 4 nitrogen and oxygen atoms in total. The van der Waals surface area contributed by atoms with Crippen molar-refractivity contribution in [1.29, 1.82) is 5.26 Å². The van der Waals surface area contributed by atoms with Crippen LogP contribution in [0.3, 0.4) is 0 Å². The van der Waals surface area contributed by atoms with Gasteiger partial charge in [-0.1, -0.05) is 19.1 Å². The Labute approximate surface area is 122 Å². The monoisotopic (exact) mass is 278 g/mol. The summed E-state index contributed by atoms with van der Waals surface area (Å²) in [6.45, 7) is 2.46. The van der Waals surface area contributed by atoms with Crippen molar-refractivity contribution in [2.24, 2.45) is 0 Å². The van der Waals surface area contributed by atoms with Crippen molar-refractivity contribution in [2.45, 2.75) is 20.0 Å². The summed E-state index contributed by atoms with van der Waals surface area (Å²) in [5, 5.41) is 8.76. The molecular weight excluding hydrogens is 264 g/mol. The lowest BCUT2D eigenvalue weighted by atomic mass is 10.2. The zero-order chi connectivity index (χ0) is 14.7. The summed E-state index contributed by atoms with van der Waals surface area (Å²) in [6, 6.07) is 15.1. The molecule has 1 aromatic heterocycles. The summed E-state index contributed by atoms with van der Waals surface area (Å²) in [6.07, 6.45) is 0.774. The van der Waals surface area contributed by atoms with E-state index in [0.717, 1.165) is 34.7 Å². The van der Waals surface area contributed by atoms with Gasteiger partial charge in [0.2, 0.25) is 0 Å². The average molecular weight is 278 g/mol. The number of oxazole rings is 1. The predicted molar refractivity (Wildman–Crippen MR) is 78.9 cm³/mol. The average Bonchev–Trinajstić information content (AvgIpc) is 2.95. The molecule has 0 aliphatic heterocycles. The minimum Gasteiger partial charge on any atom is -0.489 e. The molecule has 3 aromatic rings. The molecule has 4 heteroatoms. The van der Waals surface area contributed by atoms with Gasteiger partial charge in [0.15, 0.2) is 11.5 Å². The summed E-state index contributed by atoms with van der Waals surface area (Å²) < 4.78 is 11.4. The molecule has 2 aromatic carbocycles. The Morgan fingerprint density at radius 1 is 1.19 bits per heavy atom. The number of fused-ring (bicyclic) bond motifs is 1. The highest BCUT2D eigenvalue weighted by atomic mass is 16.5. The number of hydrogen-bond acceptors (Lipinski definition) is 4. The van der Waals surface area contributed by atoms with E-state index in [-0.39, 0.29) is 0 Å². The smallest absolute Gasteiger partial charge is 0.195 e. The van der Waals surface area contributed by atoms with Crippen molar-refractivity contribution < 1.29 is 9.15 Å². The highest BCUT2D eigenvalue weighted by Crippen LogP contribution is 2.22. The van der Waals surface area contributed by atoms with E-state index < -0.39 is 0 Å². The molecule has 0 atom stereocenters. The first-order valence-corrected chi connectivity index (χ1v) is 6.80. The Morgan fingerprint density at radius 2 is 2.00 bits per heavy atom. The highest BCUT2D eigenvalue weighted by molar-refractivity contribution is 5.74. The van der Waals surface area contributed by atoms with E-state index in [1.165, 1.54) is 0 Å². The number of rotatable bonds is 4. The maximum Gasteiger partial charge on any atom is 0.195 e. The maximum atomic E-state index is 8.76. The second-order valence-corrected chi connectivity index (χ2v) is 4.69. The first-order valence-electron chi connectivity index (χ1n) is 6.80. The van der Waals surface area contributed by atoms with Gasteiger partial charge >= 0.3 is 0 Å². The third kappa shape index (κ3) is 2.87. The summed E-state index contributed by atoms with van der Waals surface area (Å²) in [7, 11) is 0. The molecule has 0 aliphatic carbocycles. The topological polar surface area (TPSA) is 59.0 Å². The second kappa shape index (κ2) is 5.68. The van der Waals surface area contributed by atoms with Gasteiger partial charge in [-0.3, -0.25) is 0 Å². The van der Waals surface area contributed by atoms with E-state index in [1.807, 2.05) is 37.3 Å². The Morgan fingerprint density at radius 3 is 2.71 bits per heavy atom. The lowest BCUT2D eigenvalue weighted by Crippen LogP contribution is -1.95. The first kappa shape index (κ1) is 13.2. The first-order chi connectivity index (χ1) is 10.3. The highest BCUT2D eigenvalue weighted by Gasteiger charge is 2.05. The second-order valence-electron chi connectivity index (χ2n) is 4.69. The molecule has 0 radical (unpaired) electrons. The maximum absolute atomic E-state index is 8.76. The Bertz CT molecular complexity index is 798. The van der Waals surface area contributed by atoms with Gasteiger partial charge in [-0.15, -0.1) is 0 Å². The van der Waals surface area contributed by atoms with Gasteiger partial charge in [0, 0.05) is 12.5 Å². The summed E-state index contributed by atoms with van der Waals surface area (Å²) in [4.78, 5) is 4.36. The lowest BCUT2D eigenvalue weighted by Gasteiger charge is -2.05. The number of benzene rings is 2. The summed E-state index contributed by atoms with van der Waals surface area (Å²) in [5.41, 5.74) is 3.25. The Kier molecular flexibility index (Phi) is 3.57. The molecule has 104 valence electrons. The molecule has 0 bridgehead atoms. The van der Waals surface area contributed by atoms with Gasteiger partial charge in [-0.05, 0) is 29.8 Å². The van der Waals surface area contributed by atoms with Crippen LogP contribution in [-0.4, -0.2) is 4.98 Å². The van der Waals surface area contributed by atoms with E-state index in [4.69, 9.17) is 14.4 Å². The zero-order valence-electron chi connectivity index (χ0n) is 11.7. The third-order valence-corrected chi connectivity index (χ3v) is 3.20. The standard InChI is InChI=1S/C17H14N2O2/c1-2-17-19-15-8-7-14(9-16(15)21-17)20-11-13-5-3-12(10-18)4-6-13/h3-9H,2,11H2,1H3. The molecular formula is C17H14N2O2. The van der Waals surface area contributed by atoms with Gasteiger partial charge in [0.25, 0.3) is 0 Å². The Balaban J connectivity index is 1.73. The molecule has 0 aliphatic rings. The normalized spacial score (nSPS) is 10.5. The van der Waals surface area contributed by atoms with E-state index in [9.17, 15) is 0 Å². The largest absolute Gasteiger partial charge is 0.489 e. The number of nitriles is 1. The van der Waals surface area contributed by atoms with Crippen LogP contribution in [-0.2, 0) is 13.0 Å². The molecule has 0 N–H and O–H groups in total. The van der Waals surface area contributed by atoms with Gasteiger partial charge in [-0.2, -0.15) is 5.26 Å². The van der Waals surface area contributed by atoms with Crippen molar-refractivity contribution in [3.8, 4) is 11.8 Å². The summed E-state index contributed by atoms with van der Waals surface area (Å²) >= 11 is 0. The molecule has 0 fully saturated rings. The fraction of sp³-hybridized carbons (Fsp3) is 0.176. The fourth-order valence-electron chi connectivity index (χ4n) is 2.04.